The number of hydrogen-bond acceptors (Lipinski definition) is 5. The van der Waals surface area contributed by atoms with Gasteiger partial charge in [-0.15, -0.1) is 0 Å². The molecule has 1 unspecified atom stereocenters. The summed E-state index contributed by atoms with van der Waals surface area (Å²) in [7, 11) is 0. The molecule has 0 aliphatic carbocycles. The number of aliphatic hydroxyl groups is 1. The second-order valence-corrected chi connectivity index (χ2v) is 20.0. The van der Waals surface area contributed by atoms with Gasteiger partial charge in [-0.05, 0) is 135 Å². The van der Waals surface area contributed by atoms with E-state index in [1.807, 2.05) is 0 Å². The van der Waals surface area contributed by atoms with E-state index in [0.29, 0.717) is 12.8 Å². The number of hydrogen-bond donors (Lipinski definition) is 1. The van der Waals surface area contributed by atoms with E-state index in [4.69, 9.17) is 9.47 Å². The molecule has 1 atom stereocenters. The zero-order valence-corrected chi connectivity index (χ0v) is 49.8. The van der Waals surface area contributed by atoms with Crippen molar-refractivity contribution in [3.8, 4) is 0 Å². The number of esters is 2. The Labute approximate surface area is 480 Å². The summed E-state index contributed by atoms with van der Waals surface area (Å²) in [5.41, 5.74) is 0. The van der Waals surface area contributed by atoms with Crippen molar-refractivity contribution in [2.24, 2.45) is 0 Å². The lowest BCUT2D eigenvalue weighted by atomic mass is 10.0. The molecule has 0 rings (SSSR count). The highest BCUT2D eigenvalue weighted by molar-refractivity contribution is 5.70. The monoisotopic (exact) mass is 1070 g/mol. The maximum Gasteiger partial charge on any atom is 0.306 e. The Bertz CT molecular complexity index is 1780. The van der Waals surface area contributed by atoms with Gasteiger partial charge in [-0.1, -0.05) is 280 Å². The van der Waals surface area contributed by atoms with Gasteiger partial charge in [-0.3, -0.25) is 9.59 Å². The third kappa shape index (κ3) is 63.5. The van der Waals surface area contributed by atoms with Crippen LogP contribution in [0.4, 0.5) is 0 Å². The molecule has 436 valence electrons. The largest absolute Gasteiger partial charge is 0.462 e. The number of ether oxygens (including phenoxy) is 2. The van der Waals surface area contributed by atoms with E-state index in [1.165, 1.54) is 77.0 Å². The van der Waals surface area contributed by atoms with Crippen LogP contribution in [-0.2, 0) is 19.1 Å². The highest BCUT2D eigenvalue weighted by Gasteiger charge is 2.16. The van der Waals surface area contributed by atoms with Crippen LogP contribution in [0.3, 0.4) is 0 Å². The van der Waals surface area contributed by atoms with Gasteiger partial charge in [0.25, 0.3) is 0 Å². The molecular weight excluding hydrogens is 957 g/mol. The standard InChI is InChI=1S/C73H114O5/c1-3-5-7-9-11-13-15-17-19-21-23-25-27-28-29-30-31-32-33-34-35-36-37-38-39-40-41-42-43-44-46-48-50-52-54-56-58-60-62-64-66-68-73(76)78-71(69-74)70-77-72(75)67-65-63-61-59-57-55-53-51-49-47-45-26-24-22-20-18-16-14-12-10-8-6-4-2/h5-8,11-14,17-20,23-26,28-29,31-32,34-35,37-38,40-41,43-44,47,49,71,74H,3-4,9-10,15-16,21-22,27,30,33,36,39,42,45-46,48,50-70H2,1-2H3/b7-5-,8-6-,13-11-,14-12-,19-17-,20-18-,25-23-,26-24-,29-28-,32-31-,35-34-,38-37-,41-40-,44-43-,49-47-. The number of rotatable bonds is 55. The average Bonchev–Trinajstić information content (AvgIpc) is 3.44. The van der Waals surface area contributed by atoms with Gasteiger partial charge in [0, 0.05) is 12.8 Å². The topological polar surface area (TPSA) is 72.8 Å². The summed E-state index contributed by atoms with van der Waals surface area (Å²) in [5, 5.41) is 9.67. The molecule has 78 heavy (non-hydrogen) atoms. The number of allylic oxidation sites excluding steroid dienone is 30. The van der Waals surface area contributed by atoms with Crippen LogP contribution in [0.25, 0.3) is 0 Å². The number of carbonyl (C=O) groups is 2. The predicted octanol–water partition coefficient (Wildman–Crippen LogP) is 21.9. The zero-order chi connectivity index (χ0) is 56.2. The van der Waals surface area contributed by atoms with Crippen LogP contribution in [0.5, 0.6) is 0 Å². The second kappa shape index (κ2) is 66.3. The first-order valence-corrected chi connectivity index (χ1v) is 31.3. The summed E-state index contributed by atoms with van der Waals surface area (Å²) < 4.78 is 10.7. The summed E-state index contributed by atoms with van der Waals surface area (Å²) in [4.78, 5) is 24.6. The number of aliphatic hydroxyl groups excluding tert-OH is 1. The summed E-state index contributed by atoms with van der Waals surface area (Å²) in [5.74, 6) is -0.619. The smallest absolute Gasteiger partial charge is 0.306 e. The van der Waals surface area contributed by atoms with Gasteiger partial charge in [-0.25, -0.2) is 0 Å². The van der Waals surface area contributed by atoms with Crippen molar-refractivity contribution in [2.45, 2.75) is 251 Å². The third-order valence-electron chi connectivity index (χ3n) is 12.7. The highest BCUT2D eigenvalue weighted by Crippen LogP contribution is 2.14. The molecule has 0 aliphatic rings. The van der Waals surface area contributed by atoms with Crippen LogP contribution < -0.4 is 0 Å². The van der Waals surface area contributed by atoms with Crippen molar-refractivity contribution in [2.75, 3.05) is 13.2 Å². The van der Waals surface area contributed by atoms with Crippen molar-refractivity contribution < 1.29 is 24.2 Å². The molecule has 5 heteroatoms. The Morgan fingerprint density at radius 1 is 0.295 bits per heavy atom. The lowest BCUT2D eigenvalue weighted by Gasteiger charge is -2.15. The van der Waals surface area contributed by atoms with Gasteiger partial charge < -0.3 is 14.6 Å². The molecule has 0 saturated carbocycles. The molecule has 0 spiro atoms. The van der Waals surface area contributed by atoms with Crippen molar-refractivity contribution in [1.29, 1.82) is 0 Å². The fourth-order valence-corrected chi connectivity index (χ4v) is 8.08. The summed E-state index contributed by atoms with van der Waals surface area (Å²) in [6, 6.07) is 0. The van der Waals surface area contributed by atoms with Gasteiger partial charge in [0.05, 0.1) is 6.61 Å². The fourth-order valence-electron chi connectivity index (χ4n) is 8.08. The molecule has 0 amide bonds. The van der Waals surface area contributed by atoms with E-state index in [-0.39, 0.29) is 25.2 Å². The third-order valence-corrected chi connectivity index (χ3v) is 12.7. The maximum absolute atomic E-state index is 12.3. The second-order valence-electron chi connectivity index (χ2n) is 20.0. The van der Waals surface area contributed by atoms with Crippen LogP contribution in [-0.4, -0.2) is 36.4 Å². The lowest BCUT2D eigenvalue weighted by Crippen LogP contribution is -2.28. The molecule has 0 fully saturated rings. The van der Waals surface area contributed by atoms with Gasteiger partial charge in [0.15, 0.2) is 6.10 Å². The molecule has 0 radical (unpaired) electrons. The first-order chi connectivity index (χ1) is 38.6. The van der Waals surface area contributed by atoms with E-state index in [9.17, 15) is 14.7 Å². The van der Waals surface area contributed by atoms with Crippen LogP contribution in [0.15, 0.2) is 182 Å². The maximum atomic E-state index is 12.3. The van der Waals surface area contributed by atoms with Crippen molar-refractivity contribution in [3.05, 3.63) is 182 Å². The molecule has 0 saturated heterocycles. The molecule has 0 aromatic rings. The van der Waals surface area contributed by atoms with E-state index in [1.54, 1.807) is 0 Å². The number of carbonyl (C=O) groups excluding carboxylic acids is 2. The van der Waals surface area contributed by atoms with Crippen LogP contribution in [0, 0.1) is 0 Å². The van der Waals surface area contributed by atoms with Gasteiger partial charge >= 0.3 is 11.9 Å². The van der Waals surface area contributed by atoms with Gasteiger partial charge in [0.2, 0.25) is 0 Å². The fraction of sp³-hybridized carbons (Fsp3) is 0.562. The first kappa shape index (κ1) is 73.0. The van der Waals surface area contributed by atoms with Crippen LogP contribution in [0.1, 0.15) is 245 Å². The Morgan fingerprint density at radius 2 is 0.513 bits per heavy atom. The quantitative estimate of drug-likeness (QED) is 0.0373. The minimum atomic E-state index is -0.794. The molecular formula is C73H114O5. The van der Waals surface area contributed by atoms with Gasteiger partial charge in [-0.2, -0.15) is 0 Å². The van der Waals surface area contributed by atoms with E-state index in [2.05, 4.69) is 196 Å². The van der Waals surface area contributed by atoms with Crippen LogP contribution in [0.2, 0.25) is 0 Å². The van der Waals surface area contributed by atoms with Crippen molar-refractivity contribution in [3.63, 3.8) is 0 Å². The Morgan fingerprint density at radius 3 is 0.769 bits per heavy atom. The van der Waals surface area contributed by atoms with Crippen LogP contribution >= 0.6 is 0 Å². The molecule has 0 heterocycles. The highest BCUT2D eigenvalue weighted by atomic mass is 16.6. The molecule has 0 aromatic heterocycles. The van der Waals surface area contributed by atoms with Gasteiger partial charge in [0.1, 0.15) is 6.61 Å². The van der Waals surface area contributed by atoms with E-state index < -0.39 is 6.10 Å². The normalized spacial score (nSPS) is 13.5. The zero-order valence-electron chi connectivity index (χ0n) is 49.8. The summed E-state index contributed by atoms with van der Waals surface area (Å²) in [6.07, 6.45) is 104. The van der Waals surface area contributed by atoms with Crippen molar-refractivity contribution in [1.82, 2.24) is 0 Å². The molecule has 0 aliphatic heterocycles. The molecule has 0 aromatic carbocycles. The SMILES string of the molecule is CC/C=C\C/C=C\C/C=C\C/C=C\C/C=C\C/C=C\C/C=C\C/C=C\C/C=C\C/C=C\CCCCCCCCCCCCC(=O)OC(CO)COC(=O)CCCCCCCCC/C=C\C/C=C\C/C=C\C/C=C\C/C=C\CC. The predicted molar refractivity (Wildman–Crippen MR) is 343 cm³/mol. The molecule has 0 bridgehead atoms. The first-order valence-electron chi connectivity index (χ1n) is 31.3. The Kier molecular flexibility index (Phi) is 62.0. The average molecular weight is 1070 g/mol. The molecule has 1 N–H and O–H groups in total. The van der Waals surface area contributed by atoms with Crippen molar-refractivity contribution >= 4 is 11.9 Å². The van der Waals surface area contributed by atoms with E-state index in [0.717, 1.165) is 141 Å². The Balaban J connectivity index is 3.61. The minimum absolute atomic E-state index is 0.0842. The number of unbranched alkanes of at least 4 members (excludes halogenated alkanes) is 17. The Hall–Kier alpha value is -5.00. The minimum Gasteiger partial charge on any atom is -0.462 e. The van der Waals surface area contributed by atoms with E-state index >= 15 is 0 Å². The summed E-state index contributed by atoms with van der Waals surface area (Å²) in [6.45, 7) is 3.89. The molecule has 5 nitrogen and oxygen atoms in total. The summed E-state index contributed by atoms with van der Waals surface area (Å²) >= 11 is 0. The lowest BCUT2D eigenvalue weighted by molar-refractivity contribution is -0.161.